The first-order chi connectivity index (χ1) is 7.92. The van der Waals surface area contributed by atoms with Crippen LogP contribution < -0.4 is 0 Å². The normalized spacial score (nSPS) is 13.9. The van der Waals surface area contributed by atoms with E-state index in [-0.39, 0.29) is 12.6 Å². The van der Waals surface area contributed by atoms with E-state index in [2.05, 4.69) is 5.10 Å². The molecule has 0 aliphatic carbocycles. The topological polar surface area (TPSA) is 27.1 Å². The largest absolute Gasteiger partial charge is 0.390 e. The van der Waals surface area contributed by atoms with Gasteiger partial charge < -0.3 is 4.74 Å². The molecule has 0 saturated heterocycles. The van der Waals surface area contributed by atoms with Gasteiger partial charge in [0.15, 0.2) is 0 Å². The van der Waals surface area contributed by atoms with E-state index < -0.39 is 12.6 Å². The molecule has 0 bridgehead atoms. The summed E-state index contributed by atoms with van der Waals surface area (Å²) in [5.41, 5.74) is 0.676. The predicted octanol–water partition coefficient (Wildman–Crippen LogP) is 3.15. The lowest BCUT2D eigenvalue weighted by Crippen LogP contribution is -2.16. The lowest BCUT2D eigenvalue weighted by Gasteiger charge is -2.12. The lowest BCUT2D eigenvalue weighted by molar-refractivity contribution is -0.137. The first-order valence-corrected chi connectivity index (χ1v) is 5.61. The highest BCUT2D eigenvalue weighted by Crippen LogP contribution is 2.20. The summed E-state index contributed by atoms with van der Waals surface area (Å²) in [6.45, 7) is 4.06. The number of nitrogens with zero attached hydrogens (tertiary/aromatic N) is 2. The van der Waals surface area contributed by atoms with Gasteiger partial charge in [-0.05, 0) is 19.4 Å². The molecule has 0 fully saturated rings. The molecule has 17 heavy (non-hydrogen) atoms. The van der Waals surface area contributed by atoms with E-state index in [1.165, 1.54) is 10.9 Å². The van der Waals surface area contributed by atoms with Crippen molar-refractivity contribution >= 4 is 0 Å². The van der Waals surface area contributed by atoms with Crippen molar-refractivity contribution in [1.29, 1.82) is 0 Å². The molecule has 1 aromatic rings. The van der Waals surface area contributed by atoms with Gasteiger partial charge in [-0.15, -0.1) is 0 Å². The molecule has 0 radical (unpaired) electrons. The van der Waals surface area contributed by atoms with Gasteiger partial charge in [-0.1, -0.05) is 6.92 Å². The molecule has 3 nitrogen and oxygen atoms in total. The van der Waals surface area contributed by atoms with Gasteiger partial charge in [-0.25, -0.2) is 0 Å². The minimum absolute atomic E-state index is 0.0981. The zero-order valence-corrected chi connectivity index (χ0v) is 10.00. The molecule has 6 heteroatoms. The number of hydrogen-bond donors (Lipinski definition) is 0. The maximum Gasteiger partial charge on any atom is 0.390 e. The van der Waals surface area contributed by atoms with Gasteiger partial charge in [-0.2, -0.15) is 18.3 Å². The molecular weight excluding hydrogens is 233 g/mol. The summed E-state index contributed by atoms with van der Waals surface area (Å²) < 4.78 is 43.0. The number of aryl methyl sites for hydroxylation is 1. The second-order valence-corrected chi connectivity index (χ2v) is 3.94. The zero-order valence-electron chi connectivity index (χ0n) is 10.00. The van der Waals surface area contributed by atoms with E-state index in [0.29, 0.717) is 12.3 Å². The van der Waals surface area contributed by atoms with Crippen LogP contribution in [0, 0.1) is 0 Å². The van der Waals surface area contributed by atoms with Crippen molar-refractivity contribution < 1.29 is 17.9 Å². The minimum atomic E-state index is -4.15. The second kappa shape index (κ2) is 6.05. The summed E-state index contributed by atoms with van der Waals surface area (Å²) >= 11 is 0. The molecule has 1 heterocycles. The van der Waals surface area contributed by atoms with Crippen molar-refractivity contribution in [3.05, 3.63) is 18.0 Å². The predicted molar refractivity (Wildman–Crippen MR) is 57.4 cm³/mol. The van der Waals surface area contributed by atoms with Crippen LogP contribution in [0.1, 0.15) is 32.4 Å². The molecule has 98 valence electrons. The zero-order chi connectivity index (χ0) is 12.9. The van der Waals surface area contributed by atoms with Crippen LogP contribution in [0.25, 0.3) is 0 Å². The summed E-state index contributed by atoms with van der Waals surface area (Å²) in [6, 6.07) is 1.68. The second-order valence-electron chi connectivity index (χ2n) is 3.94. The van der Waals surface area contributed by atoms with Gasteiger partial charge >= 0.3 is 6.18 Å². The Bertz CT molecular complexity index is 336. The third-order valence-electron chi connectivity index (χ3n) is 2.50. The van der Waals surface area contributed by atoms with Gasteiger partial charge in [0.1, 0.15) is 0 Å². The summed E-state index contributed by atoms with van der Waals surface area (Å²) in [5, 5.41) is 3.86. The molecule has 1 rings (SSSR count). The van der Waals surface area contributed by atoms with E-state index in [0.717, 1.165) is 6.42 Å². The van der Waals surface area contributed by atoms with Gasteiger partial charge in [0, 0.05) is 12.7 Å². The van der Waals surface area contributed by atoms with Crippen LogP contribution in [0.4, 0.5) is 13.2 Å². The molecular formula is C11H17F3N2O. The smallest absolute Gasteiger partial charge is 0.372 e. The minimum Gasteiger partial charge on any atom is -0.372 e. The van der Waals surface area contributed by atoms with Crippen molar-refractivity contribution in [3.63, 3.8) is 0 Å². The molecule has 0 aliphatic rings. The Kier molecular flexibility index (Phi) is 4.99. The van der Waals surface area contributed by atoms with Gasteiger partial charge in [0.25, 0.3) is 0 Å². The molecule has 1 unspecified atom stereocenters. The third kappa shape index (κ3) is 5.21. The Morgan fingerprint density at radius 2 is 2.18 bits per heavy atom. The number of halogens is 3. The molecule has 1 aromatic heterocycles. The molecule has 0 N–H and O–H groups in total. The third-order valence-corrected chi connectivity index (χ3v) is 2.50. The maximum absolute atomic E-state index is 12.1. The van der Waals surface area contributed by atoms with Crippen molar-refractivity contribution in [2.75, 3.05) is 0 Å². The maximum atomic E-state index is 12.1. The van der Waals surface area contributed by atoms with E-state index in [9.17, 15) is 13.2 Å². The van der Waals surface area contributed by atoms with Gasteiger partial charge in [0.05, 0.1) is 24.8 Å². The molecule has 0 aromatic carbocycles. The van der Waals surface area contributed by atoms with Crippen LogP contribution in [-0.4, -0.2) is 22.1 Å². The first kappa shape index (κ1) is 14.0. The standard InChI is InChI=1S/C11H17F3N2O/c1-3-9(2)17-8-10-4-6-15-16(10)7-5-11(12,13)14/h4,6,9H,3,5,7-8H2,1-2H3. The summed E-state index contributed by atoms with van der Waals surface area (Å²) in [6.07, 6.45) is -2.56. The fraction of sp³-hybridized carbons (Fsp3) is 0.727. The Morgan fingerprint density at radius 3 is 2.76 bits per heavy atom. The monoisotopic (exact) mass is 250 g/mol. The Balaban J connectivity index is 2.48. The van der Waals surface area contributed by atoms with E-state index in [1.54, 1.807) is 6.07 Å². The van der Waals surface area contributed by atoms with Crippen LogP contribution in [0.2, 0.25) is 0 Å². The van der Waals surface area contributed by atoms with Crippen molar-refractivity contribution in [2.45, 2.75) is 52.1 Å². The van der Waals surface area contributed by atoms with Crippen LogP contribution in [0.15, 0.2) is 12.3 Å². The number of ether oxygens (including phenoxy) is 1. The SMILES string of the molecule is CCC(C)OCc1ccnn1CCC(F)(F)F. The van der Waals surface area contributed by atoms with Crippen LogP contribution in [0.3, 0.4) is 0 Å². The summed E-state index contributed by atoms with van der Waals surface area (Å²) in [5.74, 6) is 0. The van der Waals surface area contributed by atoms with Crippen LogP contribution in [-0.2, 0) is 17.9 Å². The fourth-order valence-electron chi connectivity index (χ4n) is 1.26. The summed E-state index contributed by atoms with van der Waals surface area (Å²) in [7, 11) is 0. The highest BCUT2D eigenvalue weighted by Gasteiger charge is 2.27. The average Bonchev–Trinajstić information content (AvgIpc) is 2.69. The molecule has 0 aliphatic heterocycles. The van der Waals surface area contributed by atoms with Crippen molar-refractivity contribution in [1.82, 2.24) is 9.78 Å². The highest BCUT2D eigenvalue weighted by molar-refractivity contribution is 4.98. The van der Waals surface area contributed by atoms with E-state index >= 15 is 0 Å². The Labute approximate surface area is 98.6 Å². The quantitative estimate of drug-likeness (QED) is 0.775. The molecule has 1 atom stereocenters. The van der Waals surface area contributed by atoms with E-state index in [4.69, 9.17) is 4.74 Å². The van der Waals surface area contributed by atoms with Crippen LogP contribution in [0.5, 0.6) is 0 Å². The molecule has 0 amide bonds. The number of alkyl halides is 3. The fourth-order valence-corrected chi connectivity index (χ4v) is 1.26. The lowest BCUT2D eigenvalue weighted by atomic mass is 10.3. The Morgan fingerprint density at radius 1 is 1.47 bits per heavy atom. The highest BCUT2D eigenvalue weighted by atomic mass is 19.4. The van der Waals surface area contributed by atoms with E-state index in [1.807, 2.05) is 13.8 Å². The molecule has 0 spiro atoms. The first-order valence-electron chi connectivity index (χ1n) is 5.61. The van der Waals surface area contributed by atoms with Gasteiger partial charge in [0.2, 0.25) is 0 Å². The number of rotatable bonds is 6. The molecule has 0 saturated carbocycles. The number of aromatic nitrogens is 2. The van der Waals surface area contributed by atoms with Crippen LogP contribution >= 0.6 is 0 Å². The average molecular weight is 250 g/mol. The number of hydrogen-bond acceptors (Lipinski definition) is 2. The van der Waals surface area contributed by atoms with Crippen molar-refractivity contribution in [2.24, 2.45) is 0 Å². The van der Waals surface area contributed by atoms with Gasteiger partial charge in [-0.3, -0.25) is 4.68 Å². The summed E-state index contributed by atoms with van der Waals surface area (Å²) in [4.78, 5) is 0. The van der Waals surface area contributed by atoms with Crippen molar-refractivity contribution in [3.8, 4) is 0 Å². The Hall–Kier alpha value is -1.04.